The minimum Gasteiger partial charge on any atom is -0.355 e. The van der Waals surface area contributed by atoms with Gasteiger partial charge in [0.25, 0.3) is 0 Å². The van der Waals surface area contributed by atoms with Crippen molar-refractivity contribution in [3.05, 3.63) is 35.9 Å². The number of thioether (sulfide) groups is 1. The van der Waals surface area contributed by atoms with Crippen LogP contribution in [0, 0.1) is 5.92 Å². The molecule has 1 heterocycles. The maximum atomic E-state index is 12.2. The van der Waals surface area contributed by atoms with Gasteiger partial charge in [-0.3, -0.25) is 4.79 Å². The summed E-state index contributed by atoms with van der Waals surface area (Å²) in [7, 11) is 0. The van der Waals surface area contributed by atoms with Crippen LogP contribution in [0.2, 0.25) is 0 Å². The third-order valence-corrected chi connectivity index (χ3v) is 4.32. The van der Waals surface area contributed by atoms with Gasteiger partial charge in [0.05, 0.1) is 5.25 Å². The maximum Gasteiger partial charge on any atom is 0.233 e. The highest BCUT2D eigenvalue weighted by Gasteiger charge is 2.18. The lowest BCUT2D eigenvalue weighted by molar-refractivity contribution is -0.120. The zero-order chi connectivity index (χ0) is 16.7. The zero-order valence-corrected chi connectivity index (χ0v) is 14.6. The van der Waals surface area contributed by atoms with E-state index in [-0.39, 0.29) is 11.2 Å². The molecule has 6 nitrogen and oxygen atoms in total. The standard InChI is InChI=1S/C16H23N5OS/c1-12(2)11-21-16(18-19-20-21)23-13(3)15(22)17-10-9-14-7-5-4-6-8-14/h4-8,12-13H,9-11H2,1-3H3,(H,17,22)/t13-/m1/s1. The van der Waals surface area contributed by atoms with E-state index in [0.29, 0.717) is 17.6 Å². The highest BCUT2D eigenvalue weighted by Crippen LogP contribution is 2.20. The molecule has 0 aliphatic carbocycles. The Morgan fingerprint density at radius 1 is 1.26 bits per heavy atom. The number of benzene rings is 1. The Labute approximate surface area is 141 Å². The lowest BCUT2D eigenvalue weighted by Crippen LogP contribution is -2.32. The molecule has 0 aliphatic rings. The van der Waals surface area contributed by atoms with Crippen molar-refractivity contribution in [3.63, 3.8) is 0 Å². The van der Waals surface area contributed by atoms with Gasteiger partial charge in [0.1, 0.15) is 0 Å². The molecule has 1 atom stereocenters. The Bertz CT molecular complexity index is 614. The van der Waals surface area contributed by atoms with Crippen LogP contribution >= 0.6 is 11.8 Å². The van der Waals surface area contributed by atoms with Crippen molar-refractivity contribution in [1.29, 1.82) is 0 Å². The average molecular weight is 333 g/mol. The fourth-order valence-electron chi connectivity index (χ4n) is 2.07. The van der Waals surface area contributed by atoms with Gasteiger partial charge < -0.3 is 5.32 Å². The predicted octanol–water partition coefficient (Wildman–Crippen LogP) is 2.17. The van der Waals surface area contributed by atoms with Crippen molar-refractivity contribution in [2.75, 3.05) is 6.54 Å². The number of tetrazole rings is 1. The number of nitrogens with one attached hydrogen (secondary N) is 1. The van der Waals surface area contributed by atoms with Crippen LogP contribution in [0.25, 0.3) is 0 Å². The number of carbonyl (C=O) groups is 1. The normalized spacial score (nSPS) is 12.3. The van der Waals surface area contributed by atoms with Crippen molar-refractivity contribution >= 4 is 17.7 Å². The van der Waals surface area contributed by atoms with Gasteiger partial charge >= 0.3 is 0 Å². The Kier molecular flexibility index (Phi) is 6.58. The van der Waals surface area contributed by atoms with E-state index >= 15 is 0 Å². The molecular formula is C16H23N5OS. The molecule has 0 spiro atoms. The average Bonchev–Trinajstić information content (AvgIpc) is 2.94. The van der Waals surface area contributed by atoms with E-state index in [9.17, 15) is 4.79 Å². The number of hydrogen-bond donors (Lipinski definition) is 1. The summed E-state index contributed by atoms with van der Waals surface area (Å²) in [5.41, 5.74) is 1.22. The van der Waals surface area contributed by atoms with Crippen molar-refractivity contribution in [3.8, 4) is 0 Å². The van der Waals surface area contributed by atoms with Crippen LogP contribution in [-0.2, 0) is 17.8 Å². The van der Waals surface area contributed by atoms with Crippen LogP contribution in [0.1, 0.15) is 26.3 Å². The molecule has 1 aromatic carbocycles. The molecule has 124 valence electrons. The first-order valence-corrected chi connectivity index (χ1v) is 8.68. The third kappa shape index (κ3) is 5.67. The van der Waals surface area contributed by atoms with Crippen LogP contribution < -0.4 is 5.32 Å². The second-order valence-electron chi connectivity index (χ2n) is 5.82. The zero-order valence-electron chi connectivity index (χ0n) is 13.8. The second-order valence-corrected chi connectivity index (χ2v) is 7.13. The molecule has 0 radical (unpaired) electrons. The van der Waals surface area contributed by atoms with E-state index in [4.69, 9.17) is 0 Å². The minimum atomic E-state index is -0.234. The summed E-state index contributed by atoms with van der Waals surface area (Å²) >= 11 is 1.39. The number of rotatable bonds is 8. The van der Waals surface area contributed by atoms with E-state index in [0.717, 1.165) is 13.0 Å². The Hall–Kier alpha value is -1.89. The molecule has 1 N–H and O–H groups in total. The monoisotopic (exact) mass is 333 g/mol. The van der Waals surface area contributed by atoms with Crippen molar-refractivity contribution in [2.45, 2.75) is 44.1 Å². The van der Waals surface area contributed by atoms with Crippen LogP contribution in [0.5, 0.6) is 0 Å². The molecular weight excluding hydrogens is 310 g/mol. The maximum absolute atomic E-state index is 12.2. The molecule has 23 heavy (non-hydrogen) atoms. The van der Waals surface area contributed by atoms with Gasteiger partial charge in [0, 0.05) is 13.1 Å². The van der Waals surface area contributed by atoms with Gasteiger partial charge in [-0.25, -0.2) is 4.68 Å². The summed E-state index contributed by atoms with van der Waals surface area (Å²) in [5.74, 6) is 0.456. The van der Waals surface area contributed by atoms with E-state index in [1.54, 1.807) is 4.68 Å². The molecule has 1 amide bonds. The van der Waals surface area contributed by atoms with Gasteiger partial charge in [0.2, 0.25) is 11.1 Å². The summed E-state index contributed by atoms with van der Waals surface area (Å²) in [6.07, 6.45) is 0.828. The summed E-state index contributed by atoms with van der Waals surface area (Å²) in [6.45, 7) is 7.46. The lowest BCUT2D eigenvalue weighted by atomic mass is 10.1. The van der Waals surface area contributed by atoms with E-state index in [1.807, 2.05) is 25.1 Å². The second kappa shape index (κ2) is 8.67. The molecule has 0 saturated carbocycles. The van der Waals surface area contributed by atoms with Gasteiger partial charge in [-0.2, -0.15) is 0 Å². The summed E-state index contributed by atoms with van der Waals surface area (Å²) in [6, 6.07) is 10.1. The molecule has 1 aromatic heterocycles. The van der Waals surface area contributed by atoms with E-state index in [1.165, 1.54) is 17.3 Å². The lowest BCUT2D eigenvalue weighted by Gasteiger charge is -2.12. The predicted molar refractivity (Wildman–Crippen MR) is 91.1 cm³/mol. The number of carbonyl (C=O) groups excluding carboxylic acids is 1. The van der Waals surface area contributed by atoms with Crippen LogP contribution in [0.15, 0.2) is 35.5 Å². The highest BCUT2D eigenvalue weighted by atomic mass is 32.2. The summed E-state index contributed by atoms with van der Waals surface area (Å²) < 4.78 is 1.75. The number of aromatic nitrogens is 4. The van der Waals surface area contributed by atoms with E-state index in [2.05, 4.69) is 46.8 Å². The van der Waals surface area contributed by atoms with Crippen LogP contribution in [0.4, 0.5) is 0 Å². The largest absolute Gasteiger partial charge is 0.355 e. The molecule has 2 aromatic rings. The van der Waals surface area contributed by atoms with Crippen molar-refractivity contribution in [1.82, 2.24) is 25.5 Å². The van der Waals surface area contributed by atoms with Crippen molar-refractivity contribution in [2.24, 2.45) is 5.92 Å². The van der Waals surface area contributed by atoms with Gasteiger partial charge in [-0.05, 0) is 35.3 Å². The quantitative estimate of drug-likeness (QED) is 0.750. The highest BCUT2D eigenvalue weighted by molar-refractivity contribution is 8.00. The fourth-order valence-corrected chi connectivity index (χ4v) is 2.89. The third-order valence-electron chi connectivity index (χ3n) is 3.24. The Morgan fingerprint density at radius 2 is 2.00 bits per heavy atom. The molecule has 7 heteroatoms. The molecule has 0 unspecified atom stereocenters. The molecule has 0 saturated heterocycles. The first-order valence-electron chi connectivity index (χ1n) is 7.80. The van der Waals surface area contributed by atoms with Crippen molar-refractivity contribution < 1.29 is 4.79 Å². The summed E-state index contributed by atoms with van der Waals surface area (Å²) in [4.78, 5) is 12.2. The smallest absolute Gasteiger partial charge is 0.233 e. The van der Waals surface area contributed by atoms with Crippen LogP contribution in [-0.4, -0.2) is 37.9 Å². The molecule has 2 rings (SSSR count). The SMILES string of the molecule is CC(C)Cn1nnnc1S[C@H](C)C(=O)NCCc1ccccc1. The Balaban J connectivity index is 1.80. The van der Waals surface area contributed by atoms with Gasteiger partial charge in [-0.1, -0.05) is 55.9 Å². The van der Waals surface area contributed by atoms with Gasteiger partial charge in [0.15, 0.2) is 0 Å². The number of amides is 1. The number of hydrogen-bond acceptors (Lipinski definition) is 5. The van der Waals surface area contributed by atoms with Crippen LogP contribution in [0.3, 0.4) is 0 Å². The first kappa shape index (κ1) is 17.5. The number of nitrogens with zero attached hydrogens (tertiary/aromatic N) is 4. The fraction of sp³-hybridized carbons (Fsp3) is 0.500. The minimum absolute atomic E-state index is 0.00466. The van der Waals surface area contributed by atoms with Gasteiger partial charge in [-0.15, -0.1) is 5.10 Å². The molecule has 0 bridgehead atoms. The van der Waals surface area contributed by atoms with E-state index < -0.39 is 0 Å². The Morgan fingerprint density at radius 3 is 2.70 bits per heavy atom. The topological polar surface area (TPSA) is 72.7 Å². The summed E-state index contributed by atoms with van der Waals surface area (Å²) in [5, 5.41) is 15.1. The molecule has 0 fully saturated rings. The first-order chi connectivity index (χ1) is 11.1. The molecule has 0 aliphatic heterocycles.